The van der Waals surface area contributed by atoms with Crippen molar-refractivity contribution in [3.05, 3.63) is 152 Å². The van der Waals surface area contributed by atoms with E-state index in [1.165, 1.54) is 31.1 Å². The molecular weight excluding hydrogens is 607 g/mol. The predicted molar refractivity (Wildman–Crippen MR) is 199 cm³/mol. The average Bonchev–Trinajstić information content (AvgIpc) is 3.72. The van der Waals surface area contributed by atoms with Crippen LogP contribution in [0.1, 0.15) is 0 Å². The van der Waals surface area contributed by atoms with E-state index < -0.39 is 0 Å². The molecule has 7 aromatic carbocycles. The molecule has 4 nitrogen and oxygen atoms in total. The van der Waals surface area contributed by atoms with Gasteiger partial charge in [0, 0.05) is 47.6 Å². The van der Waals surface area contributed by atoms with Gasteiger partial charge in [0.1, 0.15) is 11.2 Å². The summed E-state index contributed by atoms with van der Waals surface area (Å²) in [6.45, 7) is 0. The van der Waals surface area contributed by atoms with Crippen molar-refractivity contribution >= 4 is 64.2 Å². The lowest BCUT2D eigenvalue weighted by atomic mass is 9.94. The number of hydrogen-bond acceptors (Lipinski definition) is 5. The largest absolute Gasteiger partial charge is 0.456 e. The number of hydrogen-bond donors (Lipinski definition) is 0. The maximum absolute atomic E-state index is 6.58. The highest BCUT2D eigenvalue weighted by Crippen LogP contribution is 2.43. The molecule has 3 aromatic heterocycles. The molecule has 224 valence electrons. The van der Waals surface area contributed by atoms with E-state index in [0.717, 1.165) is 49.6 Å². The normalized spacial score (nSPS) is 11.8. The molecule has 0 aliphatic carbocycles. The zero-order valence-electron chi connectivity index (χ0n) is 25.6. The van der Waals surface area contributed by atoms with Gasteiger partial charge in [-0.2, -0.15) is 0 Å². The Balaban J connectivity index is 1.17. The van der Waals surface area contributed by atoms with E-state index in [-0.39, 0.29) is 0 Å². The van der Waals surface area contributed by atoms with E-state index in [2.05, 4.69) is 78.9 Å². The first-order valence-corrected chi connectivity index (χ1v) is 16.8. The second kappa shape index (κ2) is 10.7. The standard InChI is InChI=1S/C43H25N3OS/c1-3-11-26(12-4-1)41-44-42(27-13-5-2-6-14-27)46-43(45-41)29-20-22-36-35(23-29)40-33-17-8-7-15-30(33)34(25-37(40)47-36)28-19-21-32-31-16-9-10-18-38(31)48-39(32)24-28/h1-25H. The first kappa shape index (κ1) is 27.0. The maximum atomic E-state index is 6.58. The summed E-state index contributed by atoms with van der Waals surface area (Å²) in [5, 5.41) is 7.08. The van der Waals surface area contributed by atoms with Gasteiger partial charge in [0.25, 0.3) is 0 Å². The Morgan fingerprint density at radius 2 is 0.958 bits per heavy atom. The van der Waals surface area contributed by atoms with Gasteiger partial charge in [0.05, 0.1) is 0 Å². The summed E-state index contributed by atoms with van der Waals surface area (Å²) in [5.41, 5.74) is 6.83. The van der Waals surface area contributed by atoms with Crippen molar-refractivity contribution in [1.82, 2.24) is 15.0 Å². The molecule has 0 saturated carbocycles. The van der Waals surface area contributed by atoms with Crippen molar-refractivity contribution in [3.8, 4) is 45.3 Å². The number of thiophene rings is 1. The third kappa shape index (κ3) is 4.33. The Hall–Kier alpha value is -6.17. The minimum absolute atomic E-state index is 0.622. The third-order valence-electron chi connectivity index (χ3n) is 9.12. The smallest absolute Gasteiger partial charge is 0.164 e. The van der Waals surface area contributed by atoms with Gasteiger partial charge in [0.2, 0.25) is 0 Å². The molecule has 0 unspecified atom stereocenters. The topological polar surface area (TPSA) is 51.8 Å². The minimum atomic E-state index is 0.622. The lowest BCUT2D eigenvalue weighted by Crippen LogP contribution is -2.00. The zero-order valence-corrected chi connectivity index (χ0v) is 26.4. The summed E-state index contributed by atoms with van der Waals surface area (Å²) in [4.78, 5) is 14.8. The van der Waals surface area contributed by atoms with Crippen LogP contribution in [0.2, 0.25) is 0 Å². The van der Waals surface area contributed by atoms with Crippen LogP contribution in [0, 0.1) is 0 Å². The monoisotopic (exact) mass is 631 g/mol. The summed E-state index contributed by atoms with van der Waals surface area (Å²) in [6.07, 6.45) is 0. The van der Waals surface area contributed by atoms with Gasteiger partial charge in [-0.15, -0.1) is 11.3 Å². The van der Waals surface area contributed by atoms with E-state index in [9.17, 15) is 0 Å². The SMILES string of the molecule is c1ccc(-c2nc(-c3ccccc3)nc(-c3ccc4oc5cc(-c6ccc7c(c6)sc6ccccc67)c6ccccc6c5c4c3)n2)cc1. The van der Waals surface area contributed by atoms with Crippen LogP contribution in [-0.4, -0.2) is 15.0 Å². The molecular formula is C43H25N3OS. The second-order valence-corrected chi connectivity index (χ2v) is 13.1. The van der Waals surface area contributed by atoms with Crippen molar-refractivity contribution in [2.24, 2.45) is 0 Å². The number of nitrogens with zero attached hydrogens (tertiary/aromatic N) is 3. The van der Waals surface area contributed by atoms with Crippen LogP contribution in [0.5, 0.6) is 0 Å². The van der Waals surface area contributed by atoms with Crippen LogP contribution in [0.3, 0.4) is 0 Å². The van der Waals surface area contributed by atoms with Crippen LogP contribution < -0.4 is 0 Å². The Kier molecular flexibility index (Phi) is 6.01. The summed E-state index contributed by atoms with van der Waals surface area (Å²) < 4.78 is 9.18. The van der Waals surface area contributed by atoms with Crippen molar-refractivity contribution in [2.75, 3.05) is 0 Å². The molecule has 5 heteroatoms. The fraction of sp³-hybridized carbons (Fsp3) is 0. The first-order chi connectivity index (χ1) is 23.8. The summed E-state index contributed by atoms with van der Waals surface area (Å²) in [5.74, 6) is 1.90. The van der Waals surface area contributed by atoms with Gasteiger partial charge < -0.3 is 4.42 Å². The summed E-state index contributed by atoms with van der Waals surface area (Å²) in [7, 11) is 0. The predicted octanol–water partition coefficient (Wildman–Crippen LogP) is 12.0. The number of benzene rings is 7. The quantitative estimate of drug-likeness (QED) is 0.194. The van der Waals surface area contributed by atoms with Gasteiger partial charge in [-0.25, -0.2) is 15.0 Å². The molecule has 10 rings (SSSR count). The molecule has 48 heavy (non-hydrogen) atoms. The lowest BCUT2D eigenvalue weighted by Gasteiger charge is -2.09. The zero-order chi connectivity index (χ0) is 31.6. The first-order valence-electron chi connectivity index (χ1n) is 15.9. The highest BCUT2D eigenvalue weighted by atomic mass is 32.1. The number of furan rings is 1. The Bertz CT molecular complexity index is 2780. The summed E-state index contributed by atoms with van der Waals surface area (Å²) in [6, 6.07) is 52.7. The average molecular weight is 632 g/mol. The fourth-order valence-electron chi connectivity index (χ4n) is 6.85. The van der Waals surface area contributed by atoms with Crippen LogP contribution in [-0.2, 0) is 0 Å². The van der Waals surface area contributed by atoms with E-state index in [1.54, 1.807) is 0 Å². The molecule has 0 radical (unpaired) electrons. The van der Waals surface area contributed by atoms with Crippen molar-refractivity contribution in [2.45, 2.75) is 0 Å². The Morgan fingerprint density at radius 1 is 0.375 bits per heavy atom. The molecule has 0 aliphatic heterocycles. The van der Waals surface area contributed by atoms with Gasteiger partial charge in [-0.1, -0.05) is 115 Å². The van der Waals surface area contributed by atoms with Crippen LogP contribution >= 0.6 is 11.3 Å². The van der Waals surface area contributed by atoms with Gasteiger partial charge >= 0.3 is 0 Å². The highest BCUT2D eigenvalue weighted by Gasteiger charge is 2.18. The lowest BCUT2D eigenvalue weighted by molar-refractivity contribution is 0.669. The van der Waals surface area contributed by atoms with Gasteiger partial charge in [0.15, 0.2) is 17.5 Å². The molecule has 3 heterocycles. The third-order valence-corrected chi connectivity index (χ3v) is 10.3. The van der Waals surface area contributed by atoms with Gasteiger partial charge in [-0.05, 0) is 58.3 Å². The fourth-order valence-corrected chi connectivity index (χ4v) is 8.00. The Labute approximate surface area is 279 Å². The number of fused-ring (bicyclic) bond motifs is 8. The van der Waals surface area contributed by atoms with Crippen LogP contribution in [0.4, 0.5) is 0 Å². The molecule has 10 aromatic rings. The minimum Gasteiger partial charge on any atom is -0.456 e. The van der Waals surface area contributed by atoms with E-state index in [4.69, 9.17) is 19.4 Å². The molecule has 0 amide bonds. The molecule has 0 bridgehead atoms. The number of aromatic nitrogens is 3. The van der Waals surface area contributed by atoms with Crippen molar-refractivity contribution in [3.63, 3.8) is 0 Å². The molecule has 0 N–H and O–H groups in total. The maximum Gasteiger partial charge on any atom is 0.164 e. The van der Waals surface area contributed by atoms with Crippen LogP contribution in [0.15, 0.2) is 156 Å². The van der Waals surface area contributed by atoms with Crippen molar-refractivity contribution < 1.29 is 4.42 Å². The second-order valence-electron chi connectivity index (χ2n) is 12.0. The van der Waals surface area contributed by atoms with E-state index in [1.807, 2.05) is 84.1 Å². The highest BCUT2D eigenvalue weighted by molar-refractivity contribution is 7.25. The molecule has 0 aliphatic rings. The van der Waals surface area contributed by atoms with E-state index >= 15 is 0 Å². The molecule has 0 spiro atoms. The van der Waals surface area contributed by atoms with Crippen molar-refractivity contribution in [1.29, 1.82) is 0 Å². The number of rotatable bonds is 4. The van der Waals surface area contributed by atoms with Crippen LogP contribution in [0.25, 0.3) is 98.2 Å². The molecule has 0 atom stereocenters. The molecule has 0 fully saturated rings. The molecule has 0 saturated heterocycles. The Morgan fingerprint density at radius 3 is 1.69 bits per heavy atom. The van der Waals surface area contributed by atoms with E-state index in [0.29, 0.717) is 17.5 Å². The summed E-state index contributed by atoms with van der Waals surface area (Å²) >= 11 is 1.84. The van der Waals surface area contributed by atoms with Gasteiger partial charge in [-0.3, -0.25) is 0 Å².